The molecule has 4 N–H and O–H groups in total. The van der Waals surface area contributed by atoms with Crippen molar-refractivity contribution in [2.24, 2.45) is 11.5 Å². The molecule has 0 saturated carbocycles. The summed E-state index contributed by atoms with van der Waals surface area (Å²) in [5.41, 5.74) is 9.39. The first kappa shape index (κ1) is 11.1. The minimum atomic E-state index is -0.711. The summed E-state index contributed by atoms with van der Waals surface area (Å²) in [6.07, 6.45) is -0.711. The van der Waals surface area contributed by atoms with Gasteiger partial charge in [0.1, 0.15) is 0 Å². The molecule has 0 spiro atoms. The minimum absolute atomic E-state index is 0.356. The Morgan fingerprint density at radius 3 is 1.89 bits per heavy atom. The number of carbonyl (C=O) groups is 1. The van der Waals surface area contributed by atoms with E-state index in [1.54, 1.807) is 6.92 Å². The van der Waals surface area contributed by atoms with Crippen LogP contribution < -0.4 is 11.5 Å². The molecule has 0 aromatic heterocycles. The summed E-state index contributed by atoms with van der Waals surface area (Å²) >= 11 is 0. The quantitative estimate of drug-likeness (QED) is 0.532. The van der Waals surface area contributed by atoms with E-state index in [2.05, 4.69) is 10.5 Å². The summed E-state index contributed by atoms with van der Waals surface area (Å²) in [5.74, 6) is 0. The molecule has 9 heavy (non-hydrogen) atoms. The van der Waals surface area contributed by atoms with E-state index in [1.165, 1.54) is 0 Å². The Balaban J connectivity index is 0. The van der Waals surface area contributed by atoms with Crippen molar-refractivity contribution in [2.45, 2.75) is 13.8 Å². The van der Waals surface area contributed by atoms with Crippen molar-refractivity contribution in [3.8, 4) is 0 Å². The fourth-order valence-electron chi connectivity index (χ4n) is 0.142. The lowest BCUT2D eigenvalue weighted by atomic mass is 10.8. The van der Waals surface area contributed by atoms with Crippen LogP contribution in [0, 0.1) is 0 Å². The largest absolute Gasteiger partial charge is 0.450 e. The molecule has 0 heterocycles. The number of ether oxygens (including phenoxy) is 1. The van der Waals surface area contributed by atoms with Gasteiger partial charge >= 0.3 is 6.09 Å². The normalized spacial score (nSPS) is 7.00. The second-order valence-corrected chi connectivity index (χ2v) is 1.16. The van der Waals surface area contributed by atoms with Gasteiger partial charge in [-0.1, -0.05) is 6.92 Å². The molecule has 0 radical (unpaired) electrons. The van der Waals surface area contributed by atoms with Crippen LogP contribution in [0.4, 0.5) is 4.79 Å². The van der Waals surface area contributed by atoms with E-state index in [9.17, 15) is 4.79 Å². The number of nitrogens with two attached hydrogens (primary N) is 2. The summed E-state index contributed by atoms with van der Waals surface area (Å²) in [6, 6.07) is 0. The molecule has 0 atom stereocenters. The summed E-state index contributed by atoms with van der Waals surface area (Å²) in [7, 11) is 0. The van der Waals surface area contributed by atoms with Gasteiger partial charge in [-0.25, -0.2) is 4.79 Å². The van der Waals surface area contributed by atoms with E-state index in [4.69, 9.17) is 5.73 Å². The van der Waals surface area contributed by atoms with Crippen LogP contribution in [0.25, 0.3) is 0 Å². The number of carbonyl (C=O) groups excluding carboxylic acids is 1. The van der Waals surface area contributed by atoms with Crippen LogP contribution in [0.2, 0.25) is 0 Å². The fraction of sp³-hybridized carbons (Fsp3) is 0.800. The zero-order valence-electron chi connectivity index (χ0n) is 5.89. The van der Waals surface area contributed by atoms with E-state index in [1.807, 2.05) is 6.92 Å². The average molecular weight is 134 g/mol. The zero-order chi connectivity index (χ0) is 7.70. The van der Waals surface area contributed by atoms with Gasteiger partial charge in [-0.3, -0.25) is 0 Å². The predicted molar refractivity (Wildman–Crippen MR) is 35.9 cm³/mol. The topological polar surface area (TPSA) is 78.3 Å². The van der Waals surface area contributed by atoms with E-state index >= 15 is 0 Å². The number of hydrogen-bond donors (Lipinski definition) is 2. The first-order valence-electron chi connectivity index (χ1n) is 2.81. The Bertz CT molecular complexity index is 66.0. The first-order valence-corrected chi connectivity index (χ1v) is 2.81. The fourth-order valence-corrected chi connectivity index (χ4v) is 0.142. The highest BCUT2D eigenvalue weighted by molar-refractivity contribution is 5.64. The molecule has 56 valence electrons. The number of amides is 1. The van der Waals surface area contributed by atoms with Crippen molar-refractivity contribution in [2.75, 3.05) is 13.2 Å². The number of rotatable bonds is 1. The van der Waals surface area contributed by atoms with Crippen molar-refractivity contribution < 1.29 is 9.53 Å². The van der Waals surface area contributed by atoms with Crippen molar-refractivity contribution in [3.05, 3.63) is 0 Å². The molecule has 0 unspecified atom stereocenters. The van der Waals surface area contributed by atoms with Crippen LogP contribution in [-0.2, 0) is 4.74 Å². The van der Waals surface area contributed by atoms with Crippen LogP contribution >= 0.6 is 0 Å². The second kappa shape index (κ2) is 10.3. The lowest BCUT2D eigenvalue weighted by Crippen LogP contribution is -2.11. The van der Waals surface area contributed by atoms with Crippen LogP contribution in [0.1, 0.15) is 13.8 Å². The molecular weight excluding hydrogens is 120 g/mol. The molecular formula is C5H14N2O2. The van der Waals surface area contributed by atoms with Crippen molar-refractivity contribution >= 4 is 6.09 Å². The van der Waals surface area contributed by atoms with Crippen LogP contribution in [-0.4, -0.2) is 19.2 Å². The summed E-state index contributed by atoms with van der Waals surface area (Å²) in [4.78, 5) is 9.60. The molecule has 0 aromatic rings. The lowest BCUT2D eigenvalue weighted by Gasteiger charge is -1.89. The Kier molecular flexibility index (Phi) is 12.6. The first-order chi connectivity index (χ1) is 4.18. The molecule has 0 aromatic carbocycles. The van der Waals surface area contributed by atoms with Crippen molar-refractivity contribution in [1.29, 1.82) is 0 Å². The third-order valence-electron chi connectivity index (χ3n) is 0.287. The van der Waals surface area contributed by atoms with E-state index in [0.717, 1.165) is 6.54 Å². The van der Waals surface area contributed by atoms with E-state index in [-0.39, 0.29) is 0 Å². The van der Waals surface area contributed by atoms with Gasteiger partial charge in [-0.05, 0) is 13.5 Å². The third-order valence-corrected chi connectivity index (χ3v) is 0.287. The highest BCUT2D eigenvalue weighted by Gasteiger charge is 1.82. The number of hydrogen-bond acceptors (Lipinski definition) is 3. The SMILES string of the molecule is CCN.CCOC(N)=O. The van der Waals surface area contributed by atoms with Gasteiger partial charge in [0.2, 0.25) is 0 Å². The Hall–Kier alpha value is -0.770. The Morgan fingerprint density at radius 2 is 1.89 bits per heavy atom. The third kappa shape index (κ3) is 39.8. The summed E-state index contributed by atoms with van der Waals surface area (Å²) in [5, 5.41) is 0. The predicted octanol–water partition coefficient (Wildman–Crippen LogP) is 0.0666. The molecule has 0 aliphatic rings. The van der Waals surface area contributed by atoms with Gasteiger partial charge in [0.15, 0.2) is 0 Å². The van der Waals surface area contributed by atoms with E-state index in [0.29, 0.717) is 6.61 Å². The van der Waals surface area contributed by atoms with Crippen molar-refractivity contribution in [3.63, 3.8) is 0 Å². The molecule has 0 rings (SSSR count). The Morgan fingerprint density at radius 1 is 1.56 bits per heavy atom. The molecule has 0 aliphatic carbocycles. The minimum Gasteiger partial charge on any atom is -0.450 e. The molecule has 1 amide bonds. The lowest BCUT2D eigenvalue weighted by molar-refractivity contribution is 0.163. The van der Waals surface area contributed by atoms with Gasteiger partial charge < -0.3 is 16.2 Å². The standard InChI is InChI=1S/C3H7NO2.C2H7N/c1-2-6-3(4)5;1-2-3/h2H2,1H3,(H2,4,5);2-3H2,1H3. The smallest absolute Gasteiger partial charge is 0.404 e. The maximum atomic E-state index is 9.60. The second-order valence-electron chi connectivity index (χ2n) is 1.16. The van der Waals surface area contributed by atoms with Gasteiger partial charge in [0.05, 0.1) is 6.61 Å². The molecule has 4 heteroatoms. The van der Waals surface area contributed by atoms with Crippen LogP contribution in [0.15, 0.2) is 0 Å². The molecule has 0 saturated heterocycles. The molecule has 4 nitrogen and oxygen atoms in total. The maximum Gasteiger partial charge on any atom is 0.404 e. The monoisotopic (exact) mass is 134 g/mol. The van der Waals surface area contributed by atoms with Gasteiger partial charge in [0, 0.05) is 0 Å². The van der Waals surface area contributed by atoms with Crippen LogP contribution in [0.5, 0.6) is 0 Å². The maximum absolute atomic E-state index is 9.60. The number of primary amides is 1. The Labute approximate surface area is 55.2 Å². The zero-order valence-corrected chi connectivity index (χ0v) is 5.89. The van der Waals surface area contributed by atoms with Gasteiger partial charge in [-0.15, -0.1) is 0 Å². The summed E-state index contributed by atoms with van der Waals surface area (Å²) < 4.78 is 4.18. The van der Waals surface area contributed by atoms with Gasteiger partial charge in [0.25, 0.3) is 0 Å². The molecule has 0 aliphatic heterocycles. The van der Waals surface area contributed by atoms with Crippen molar-refractivity contribution in [1.82, 2.24) is 0 Å². The molecule has 0 fully saturated rings. The molecule has 0 bridgehead atoms. The van der Waals surface area contributed by atoms with Crippen LogP contribution in [0.3, 0.4) is 0 Å². The van der Waals surface area contributed by atoms with E-state index < -0.39 is 6.09 Å². The highest BCUT2D eigenvalue weighted by Crippen LogP contribution is 1.66. The summed E-state index contributed by atoms with van der Waals surface area (Å²) in [6.45, 7) is 4.71. The van der Waals surface area contributed by atoms with Gasteiger partial charge in [-0.2, -0.15) is 0 Å². The average Bonchev–Trinajstić information content (AvgIpc) is 1.67. The highest BCUT2D eigenvalue weighted by atomic mass is 16.5.